The zero-order chi connectivity index (χ0) is 12.5. The van der Waals surface area contributed by atoms with Gasteiger partial charge in [0.2, 0.25) is 0 Å². The van der Waals surface area contributed by atoms with E-state index < -0.39 is 0 Å². The minimum atomic E-state index is 0.377. The molecule has 0 unspecified atom stereocenters. The maximum atomic E-state index is 9.19. The van der Waals surface area contributed by atoms with Gasteiger partial charge in [-0.2, -0.15) is 5.26 Å². The number of nitrogens with two attached hydrogens (primary N) is 1. The number of rotatable bonds is 1. The number of anilines is 1. The largest absolute Gasteiger partial charge is 0.383 e. The fourth-order valence-corrected chi connectivity index (χ4v) is 3.23. The monoisotopic (exact) mass is 242 g/mol. The number of aromatic nitrogens is 1. The Labute approximate surface area is 107 Å². The van der Waals surface area contributed by atoms with Crippen molar-refractivity contribution in [3.8, 4) is 6.07 Å². The van der Waals surface area contributed by atoms with Crippen molar-refractivity contribution >= 4 is 5.82 Å². The summed E-state index contributed by atoms with van der Waals surface area (Å²) in [6.45, 7) is 1.80. The molecule has 3 rings (SSSR count). The molecular weight excluding hydrogens is 224 g/mol. The Morgan fingerprint density at radius 2 is 2.06 bits per heavy atom. The third kappa shape index (κ3) is 1.85. The Kier molecular flexibility index (Phi) is 2.92. The number of nitrogens with zero attached hydrogens (tertiary/aromatic N) is 3. The van der Waals surface area contributed by atoms with Crippen molar-refractivity contribution < 1.29 is 0 Å². The molecule has 1 aromatic heterocycles. The summed E-state index contributed by atoms with van der Waals surface area (Å²) >= 11 is 0. The van der Waals surface area contributed by atoms with E-state index in [-0.39, 0.29) is 0 Å². The average Bonchev–Trinajstić information content (AvgIpc) is 2.84. The van der Waals surface area contributed by atoms with Gasteiger partial charge in [-0.15, -0.1) is 0 Å². The molecule has 2 N–H and O–H groups in total. The first kappa shape index (κ1) is 11.5. The first-order chi connectivity index (χ1) is 8.79. The number of hydrogen-bond acceptors (Lipinski definition) is 4. The molecule has 0 radical (unpaired) electrons. The van der Waals surface area contributed by atoms with Crippen LogP contribution in [0.3, 0.4) is 0 Å². The van der Waals surface area contributed by atoms with Crippen molar-refractivity contribution in [1.82, 2.24) is 9.88 Å². The molecule has 2 heterocycles. The molecule has 4 nitrogen and oxygen atoms in total. The second-order valence-corrected chi connectivity index (χ2v) is 5.33. The molecule has 2 aliphatic rings. The van der Waals surface area contributed by atoms with Gasteiger partial charge < -0.3 is 5.73 Å². The fraction of sp³-hybridized carbons (Fsp3) is 0.571. The van der Waals surface area contributed by atoms with Crippen LogP contribution in [0.2, 0.25) is 0 Å². The predicted molar refractivity (Wildman–Crippen MR) is 69.5 cm³/mol. The standard InChI is InChI=1S/C14H18N4/c15-6-12-13-9-18(11-4-2-1-3-5-11)8-10(13)7-17-14(12)16/h7,11H,1-5,8-9H2,(H2,16,17). The Balaban J connectivity index is 1.85. The van der Waals surface area contributed by atoms with Crippen molar-refractivity contribution in [2.24, 2.45) is 0 Å². The minimum absolute atomic E-state index is 0.377. The lowest BCUT2D eigenvalue weighted by Crippen LogP contribution is -2.32. The van der Waals surface area contributed by atoms with E-state index in [4.69, 9.17) is 5.73 Å². The van der Waals surface area contributed by atoms with Crippen LogP contribution in [-0.2, 0) is 13.1 Å². The lowest BCUT2D eigenvalue weighted by atomic mass is 9.94. The second kappa shape index (κ2) is 4.58. The van der Waals surface area contributed by atoms with E-state index in [1.165, 1.54) is 37.7 Å². The number of nitriles is 1. The molecule has 0 amide bonds. The zero-order valence-corrected chi connectivity index (χ0v) is 10.5. The molecule has 4 heteroatoms. The van der Waals surface area contributed by atoms with Gasteiger partial charge in [0.15, 0.2) is 0 Å². The lowest BCUT2D eigenvalue weighted by molar-refractivity contribution is 0.156. The quantitative estimate of drug-likeness (QED) is 0.819. The number of pyridine rings is 1. The Morgan fingerprint density at radius 3 is 2.78 bits per heavy atom. The summed E-state index contributed by atoms with van der Waals surface area (Å²) in [6, 6.07) is 2.88. The van der Waals surface area contributed by atoms with Gasteiger partial charge in [0.25, 0.3) is 0 Å². The maximum absolute atomic E-state index is 9.19. The van der Waals surface area contributed by atoms with Crippen LogP contribution in [0.5, 0.6) is 0 Å². The van der Waals surface area contributed by atoms with Crippen molar-refractivity contribution in [3.63, 3.8) is 0 Å². The van der Waals surface area contributed by atoms with E-state index in [0.717, 1.165) is 18.7 Å². The van der Waals surface area contributed by atoms with Gasteiger partial charge in [0, 0.05) is 25.3 Å². The SMILES string of the molecule is N#Cc1c(N)ncc2c1CN(C1CCCCC1)C2. The third-order valence-corrected chi connectivity index (χ3v) is 4.24. The minimum Gasteiger partial charge on any atom is -0.383 e. The van der Waals surface area contributed by atoms with E-state index in [1.54, 1.807) is 0 Å². The normalized spacial score (nSPS) is 20.6. The van der Waals surface area contributed by atoms with E-state index in [0.29, 0.717) is 17.4 Å². The molecule has 1 saturated carbocycles. The Morgan fingerprint density at radius 1 is 1.28 bits per heavy atom. The molecule has 1 aromatic rings. The van der Waals surface area contributed by atoms with Crippen molar-refractivity contribution in [3.05, 3.63) is 22.9 Å². The Bertz CT molecular complexity index is 497. The summed E-state index contributed by atoms with van der Waals surface area (Å²) < 4.78 is 0. The fourth-order valence-electron chi connectivity index (χ4n) is 3.23. The van der Waals surface area contributed by atoms with Gasteiger partial charge in [-0.3, -0.25) is 4.90 Å². The second-order valence-electron chi connectivity index (χ2n) is 5.33. The summed E-state index contributed by atoms with van der Waals surface area (Å²) in [5, 5.41) is 9.19. The number of fused-ring (bicyclic) bond motifs is 1. The van der Waals surface area contributed by atoms with E-state index in [1.807, 2.05) is 6.20 Å². The summed E-state index contributed by atoms with van der Waals surface area (Å²) in [5.74, 6) is 0.377. The van der Waals surface area contributed by atoms with Gasteiger partial charge in [-0.1, -0.05) is 19.3 Å². The summed E-state index contributed by atoms with van der Waals surface area (Å²) in [6.07, 6.45) is 8.47. The molecule has 0 bridgehead atoms. The van der Waals surface area contributed by atoms with Crippen molar-refractivity contribution in [1.29, 1.82) is 5.26 Å². The van der Waals surface area contributed by atoms with Crippen LogP contribution in [0.4, 0.5) is 5.82 Å². The first-order valence-corrected chi connectivity index (χ1v) is 6.70. The van der Waals surface area contributed by atoms with Crippen molar-refractivity contribution in [2.45, 2.75) is 51.2 Å². The summed E-state index contributed by atoms with van der Waals surface area (Å²) in [4.78, 5) is 6.62. The van der Waals surface area contributed by atoms with Crippen molar-refractivity contribution in [2.75, 3.05) is 5.73 Å². The van der Waals surface area contributed by atoms with Crippen LogP contribution in [-0.4, -0.2) is 15.9 Å². The van der Waals surface area contributed by atoms with Crippen LogP contribution in [0.1, 0.15) is 48.8 Å². The highest BCUT2D eigenvalue weighted by Crippen LogP contribution is 2.33. The van der Waals surface area contributed by atoms with E-state index >= 15 is 0 Å². The highest BCUT2D eigenvalue weighted by Gasteiger charge is 2.29. The molecule has 1 aliphatic carbocycles. The predicted octanol–water partition coefficient (Wildman–Crippen LogP) is 2.18. The smallest absolute Gasteiger partial charge is 0.141 e. The zero-order valence-electron chi connectivity index (χ0n) is 10.5. The van der Waals surface area contributed by atoms with Crippen LogP contribution < -0.4 is 5.73 Å². The van der Waals surface area contributed by atoms with Crippen LogP contribution in [0.25, 0.3) is 0 Å². The topological polar surface area (TPSA) is 65.9 Å². The molecule has 0 aromatic carbocycles. The van der Waals surface area contributed by atoms with E-state index in [2.05, 4.69) is 16.0 Å². The summed E-state index contributed by atoms with van der Waals surface area (Å²) in [5.41, 5.74) is 8.66. The van der Waals surface area contributed by atoms with Gasteiger partial charge in [0.05, 0.1) is 5.56 Å². The molecule has 0 saturated heterocycles. The highest BCUT2D eigenvalue weighted by atomic mass is 15.2. The molecule has 0 spiro atoms. The van der Waals surface area contributed by atoms with E-state index in [9.17, 15) is 5.26 Å². The van der Waals surface area contributed by atoms with Crippen LogP contribution >= 0.6 is 0 Å². The molecule has 1 aliphatic heterocycles. The molecule has 18 heavy (non-hydrogen) atoms. The highest BCUT2D eigenvalue weighted by molar-refractivity contribution is 5.56. The van der Waals surface area contributed by atoms with Gasteiger partial charge in [-0.05, 0) is 24.0 Å². The molecular formula is C14H18N4. The van der Waals surface area contributed by atoms with Crippen LogP contribution in [0, 0.1) is 11.3 Å². The average molecular weight is 242 g/mol. The first-order valence-electron chi connectivity index (χ1n) is 6.70. The lowest BCUT2D eigenvalue weighted by Gasteiger charge is -2.30. The van der Waals surface area contributed by atoms with Gasteiger partial charge in [-0.25, -0.2) is 4.98 Å². The molecule has 0 atom stereocenters. The molecule has 94 valence electrons. The number of nitrogen functional groups attached to an aromatic ring is 1. The molecule has 1 fully saturated rings. The van der Waals surface area contributed by atoms with Crippen LogP contribution in [0.15, 0.2) is 6.20 Å². The maximum Gasteiger partial charge on any atom is 0.141 e. The number of hydrogen-bond donors (Lipinski definition) is 1. The van der Waals surface area contributed by atoms with Gasteiger partial charge in [0.1, 0.15) is 11.9 Å². The summed E-state index contributed by atoms with van der Waals surface area (Å²) in [7, 11) is 0. The third-order valence-electron chi connectivity index (χ3n) is 4.24. The Hall–Kier alpha value is -1.60. The van der Waals surface area contributed by atoms with Gasteiger partial charge >= 0.3 is 0 Å².